The van der Waals surface area contributed by atoms with Gasteiger partial charge in [-0.05, 0) is 44.4 Å². The summed E-state index contributed by atoms with van der Waals surface area (Å²) in [6.07, 6.45) is 2.57. The molecule has 0 bridgehead atoms. The minimum Gasteiger partial charge on any atom is -0.464 e. The molecule has 0 aromatic heterocycles. The standard InChI is InChI=1S/C15H19NO3/c1-3-19-15(18)13-5-4-8-16(13)14-9-11(2)6-7-12(14)10-17/h6-7,9-10,13H,3-5,8H2,1-2H3. The van der Waals surface area contributed by atoms with Gasteiger partial charge >= 0.3 is 5.97 Å². The number of hydrogen-bond donors (Lipinski definition) is 0. The molecule has 19 heavy (non-hydrogen) atoms. The molecule has 1 aromatic rings. The Morgan fingerprint density at radius 2 is 2.32 bits per heavy atom. The van der Waals surface area contributed by atoms with Gasteiger partial charge in [-0.1, -0.05) is 6.07 Å². The van der Waals surface area contributed by atoms with Crippen LogP contribution in [0, 0.1) is 6.92 Å². The molecule has 0 spiro atoms. The van der Waals surface area contributed by atoms with Crippen LogP contribution in [0.3, 0.4) is 0 Å². The Hall–Kier alpha value is -1.84. The molecule has 1 saturated heterocycles. The van der Waals surface area contributed by atoms with Crippen molar-refractivity contribution in [1.29, 1.82) is 0 Å². The summed E-state index contributed by atoms with van der Waals surface area (Å²) in [6.45, 7) is 4.96. The Bertz CT molecular complexity index is 484. The minimum atomic E-state index is -0.263. The van der Waals surface area contributed by atoms with Gasteiger partial charge in [0.2, 0.25) is 0 Å². The zero-order chi connectivity index (χ0) is 13.8. The van der Waals surface area contributed by atoms with Crippen LogP contribution in [-0.2, 0) is 9.53 Å². The first-order chi connectivity index (χ1) is 9.17. The highest BCUT2D eigenvalue weighted by atomic mass is 16.5. The Morgan fingerprint density at radius 3 is 3.00 bits per heavy atom. The molecule has 1 aromatic carbocycles. The number of hydrogen-bond acceptors (Lipinski definition) is 4. The lowest BCUT2D eigenvalue weighted by Gasteiger charge is -2.26. The summed E-state index contributed by atoms with van der Waals surface area (Å²) in [6, 6.07) is 5.41. The van der Waals surface area contributed by atoms with Gasteiger partial charge in [-0.3, -0.25) is 4.79 Å². The third kappa shape index (κ3) is 2.78. The van der Waals surface area contributed by atoms with Gasteiger partial charge < -0.3 is 9.64 Å². The van der Waals surface area contributed by atoms with Gasteiger partial charge in [-0.25, -0.2) is 4.79 Å². The zero-order valence-electron chi connectivity index (χ0n) is 11.4. The second-order valence-corrected chi connectivity index (χ2v) is 4.78. The van der Waals surface area contributed by atoms with E-state index in [4.69, 9.17) is 4.74 Å². The van der Waals surface area contributed by atoms with Gasteiger partial charge in [0.1, 0.15) is 6.04 Å². The van der Waals surface area contributed by atoms with Crippen molar-refractivity contribution in [3.63, 3.8) is 0 Å². The fourth-order valence-corrected chi connectivity index (χ4v) is 2.54. The van der Waals surface area contributed by atoms with E-state index in [1.807, 2.05) is 24.0 Å². The largest absolute Gasteiger partial charge is 0.464 e. The van der Waals surface area contributed by atoms with Crippen molar-refractivity contribution in [3.05, 3.63) is 29.3 Å². The fraction of sp³-hybridized carbons (Fsp3) is 0.467. The van der Waals surface area contributed by atoms with Gasteiger partial charge in [0.15, 0.2) is 6.29 Å². The lowest BCUT2D eigenvalue weighted by Crippen LogP contribution is -2.37. The number of ether oxygens (including phenoxy) is 1. The third-order valence-electron chi connectivity index (χ3n) is 3.43. The number of rotatable bonds is 4. The first-order valence-electron chi connectivity index (χ1n) is 6.66. The van der Waals surface area contributed by atoms with Gasteiger partial charge in [-0.2, -0.15) is 0 Å². The summed E-state index contributed by atoms with van der Waals surface area (Å²) in [5, 5.41) is 0. The fourth-order valence-electron chi connectivity index (χ4n) is 2.54. The number of aryl methyl sites for hydroxylation is 1. The number of nitrogens with zero attached hydrogens (tertiary/aromatic N) is 1. The lowest BCUT2D eigenvalue weighted by molar-refractivity contribution is -0.144. The molecule has 0 saturated carbocycles. The van der Waals surface area contributed by atoms with E-state index in [0.29, 0.717) is 12.2 Å². The molecule has 1 unspecified atom stereocenters. The average molecular weight is 261 g/mol. The number of carbonyl (C=O) groups excluding carboxylic acids is 2. The molecular weight excluding hydrogens is 242 g/mol. The number of carbonyl (C=O) groups is 2. The van der Waals surface area contributed by atoms with Crippen LogP contribution >= 0.6 is 0 Å². The molecule has 1 aliphatic rings. The minimum absolute atomic E-state index is 0.196. The van der Waals surface area contributed by atoms with E-state index in [1.54, 1.807) is 13.0 Å². The van der Waals surface area contributed by atoms with Crippen LogP contribution in [0.15, 0.2) is 18.2 Å². The maximum absolute atomic E-state index is 12.0. The van der Waals surface area contributed by atoms with Crippen molar-refractivity contribution >= 4 is 17.9 Å². The van der Waals surface area contributed by atoms with Gasteiger partial charge in [0, 0.05) is 17.8 Å². The SMILES string of the molecule is CCOC(=O)C1CCCN1c1cc(C)ccc1C=O. The van der Waals surface area contributed by atoms with E-state index in [2.05, 4.69) is 0 Å². The highest BCUT2D eigenvalue weighted by molar-refractivity contribution is 5.88. The van der Waals surface area contributed by atoms with E-state index in [-0.39, 0.29) is 12.0 Å². The lowest BCUT2D eigenvalue weighted by atomic mass is 10.1. The summed E-state index contributed by atoms with van der Waals surface area (Å²) >= 11 is 0. The van der Waals surface area contributed by atoms with Gasteiger partial charge in [0.25, 0.3) is 0 Å². The normalized spacial score (nSPS) is 18.4. The van der Waals surface area contributed by atoms with Crippen LogP contribution in [0.4, 0.5) is 5.69 Å². The topological polar surface area (TPSA) is 46.6 Å². The monoisotopic (exact) mass is 261 g/mol. The molecule has 0 aliphatic carbocycles. The molecule has 4 heteroatoms. The number of benzene rings is 1. The molecule has 1 aliphatic heterocycles. The highest BCUT2D eigenvalue weighted by Crippen LogP contribution is 2.29. The maximum Gasteiger partial charge on any atom is 0.328 e. The molecular formula is C15H19NO3. The van der Waals surface area contributed by atoms with Crippen molar-refractivity contribution < 1.29 is 14.3 Å². The van der Waals surface area contributed by atoms with E-state index in [1.165, 1.54) is 0 Å². The summed E-state index contributed by atoms with van der Waals surface area (Å²) in [5.41, 5.74) is 2.54. The van der Waals surface area contributed by atoms with E-state index >= 15 is 0 Å². The molecule has 1 heterocycles. The van der Waals surface area contributed by atoms with Gasteiger partial charge in [0.05, 0.1) is 6.61 Å². The van der Waals surface area contributed by atoms with Crippen LogP contribution in [0.25, 0.3) is 0 Å². The average Bonchev–Trinajstić information content (AvgIpc) is 2.88. The Kier molecular flexibility index (Phi) is 4.20. The molecule has 0 amide bonds. The van der Waals surface area contributed by atoms with Crippen LogP contribution in [-0.4, -0.2) is 31.4 Å². The Morgan fingerprint density at radius 1 is 1.53 bits per heavy atom. The van der Waals surface area contributed by atoms with Crippen molar-refractivity contribution in [2.45, 2.75) is 32.7 Å². The van der Waals surface area contributed by atoms with Crippen molar-refractivity contribution in [1.82, 2.24) is 0 Å². The van der Waals surface area contributed by atoms with Crippen LogP contribution < -0.4 is 4.90 Å². The number of aldehydes is 1. The molecule has 2 rings (SSSR count). The van der Waals surface area contributed by atoms with E-state index < -0.39 is 0 Å². The second kappa shape index (κ2) is 5.87. The smallest absolute Gasteiger partial charge is 0.328 e. The number of anilines is 1. The van der Waals surface area contributed by atoms with Crippen LogP contribution in [0.2, 0.25) is 0 Å². The summed E-state index contributed by atoms with van der Waals surface area (Å²) in [7, 11) is 0. The quantitative estimate of drug-likeness (QED) is 0.616. The molecule has 1 atom stereocenters. The van der Waals surface area contributed by atoms with Crippen LogP contribution in [0.1, 0.15) is 35.7 Å². The Balaban J connectivity index is 2.31. The third-order valence-corrected chi connectivity index (χ3v) is 3.43. The molecule has 0 radical (unpaired) electrons. The maximum atomic E-state index is 12.0. The highest BCUT2D eigenvalue weighted by Gasteiger charge is 2.33. The molecule has 0 N–H and O–H groups in total. The summed E-state index contributed by atoms with van der Waals surface area (Å²) in [5.74, 6) is -0.196. The first-order valence-corrected chi connectivity index (χ1v) is 6.66. The molecule has 102 valence electrons. The van der Waals surface area contributed by atoms with Crippen molar-refractivity contribution in [2.24, 2.45) is 0 Å². The van der Waals surface area contributed by atoms with Crippen molar-refractivity contribution in [3.8, 4) is 0 Å². The second-order valence-electron chi connectivity index (χ2n) is 4.78. The van der Waals surface area contributed by atoms with Gasteiger partial charge in [-0.15, -0.1) is 0 Å². The Labute approximate surface area is 113 Å². The molecule has 1 fully saturated rings. The van der Waals surface area contributed by atoms with Crippen LogP contribution in [0.5, 0.6) is 0 Å². The summed E-state index contributed by atoms with van der Waals surface area (Å²) in [4.78, 5) is 25.1. The first kappa shape index (κ1) is 13.6. The zero-order valence-corrected chi connectivity index (χ0v) is 11.4. The summed E-state index contributed by atoms with van der Waals surface area (Å²) < 4.78 is 5.11. The van der Waals surface area contributed by atoms with E-state index in [0.717, 1.165) is 36.9 Å². The van der Waals surface area contributed by atoms with Crippen molar-refractivity contribution in [2.75, 3.05) is 18.1 Å². The van der Waals surface area contributed by atoms with E-state index in [9.17, 15) is 9.59 Å². The number of esters is 1. The molecule has 4 nitrogen and oxygen atoms in total. The predicted octanol–water partition coefficient (Wildman–Crippen LogP) is 2.34. The predicted molar refractivity (Wildman–Crippen MR) is 73.6 cm³/mol.